The second-order valence-electron chi connectivity index (χ2n) is 7.35. The van der Waals surface area contributed by atoms with Gasteiger partial charge in [-0.2, -0.15) is 5.26 Å². The van der Waals surface area contributed by atoms with Gasteiger partial charge in [-0.3, -0.25) is 0 Å². The minimum absolute atomic E-state index is 0.248. The predicted octanol–water partition coefficient (Wildman–Crippen LogP) is 2.88. The molecule has 1 aliphatic carbocycles. The Morgan fingerprint density at radius 2 is 2.04 bits per heavy atom. The first-order valence-corrected chi connectivity index (χ1v) is 9.16. The zero-order chi connectivity index (χ0) is 19.0. The van der Waals surface area contributed by atoms with Gasteiger partial charge in [-0.1, -0.05) is 17.3 Å². The van der Waals surface area contributed by atoms with E-state index in [2.05, 4.69) is 25.8 Å². The molecule has 140 valence electrons. The summed E-state index contributed by atoms with van der Waals surface area (Å²) in [6.45, 7) is 2.20. The van der Waals surface area contributed by atoms with Crippen molar-refractivity contribution >= 4 is 11.6 Å². The summed E-state index contributed by atoms with van der Waals surface area (Å²) in [5.74, 6) is 2.40. The molecule has 2 aliphatic rings. The second-order valence-corrected chi connectivity index (χ2v) is 7.35. The second kappa shape index (κ2) is 6.62. The van der Waals surface area contributed by atoms with Crippen molar-refractivity contribution in [1.29, 1.82) is 5.26 Å². The average Bonchev–Trinajstić information content (AvgIpc) is 3.12. The van der Waals surface area contributed by atoms with Crippen molar-refractivity contribution in [2.75, 3.05) is 18.4 Å². The summed E-state index contributed by atoms with van der Waals surface area (Å²) in [6, 6.07) is 11.5. The molecule has 2 N–H and O–H groups in total. The quantitative estimate of drug-likeness (QED) is 0.702. The molecule has 28 heavy (non-hydrogen) atoms. The summed E-state index contributed by atoms with van der Waals surface area (Å²) in [5.41, 5.74) is 1.58. The van der Waals surface area contributed by atoms with E-state index in [0.29, 0.717) is 22.8 Å². The molecule has 3 aromatic rings. The zero-order valence-corrected chi connectivity index (χ0v) is 15.1. The Morgan fingerprint density at radius 3 is 2.75 bits per heavy atom. The fourth-order valence-electron chi connectivity index (χ4n) is 3.75. The van der Waals surface area contributed by atoms with Gasteiger partial charge >= 0.3 is 0 Å². The molecule has 2 fully saturated rings. The minimum atomic E-state index is 0.248. The molecule has 0 unspecified atom stereocenters. The van der Waals surface area contributed by atoms with Crippen LogP contribution in [0, 0.1) is 16.7 Å². The molecule has 1 saturated carbocycles. The number of ether oxygens (including phenoxy) is 1. The van der Waals surface area contributed by atoms with Gasteiger partial charge in [0.05, 0.1) is 24.1 Å². The van der Waals surface area contributed by atoms with E-state index < -0.39 is 0 Å². The molecular weight excluding hydrogens is 356 g/mol. The molecule has 1 spiro atoms. The number of aromatic nitrogens is 3. The molecule has 1 aromatic carbocycles. The first kappa shape index (κ1) is 16.7. The molecule has 1 saturated heterocycles. The molecule has 3 heterocycles. The van der Waals surface area contributed by atoms with Crippen LogP contribution >= 0.6 is 0 Å². The van der Waals surface area contributed by atoms with E-state index in [1.165, 1.54) is 12.4 Å². The summed E-state index contributed by atoms with van der Waals surface area (Å²) in [4.78, 5) is 8.10. The fraction of sp³-hybridized carbons (Fsp3) is 0.300. The smallest absolute Gasteiger partial charge is 0.175 e. The number of rotatable bonds is 5. The molecule has 0 amide bonds. The molecule has 5 rings (SSSR count). The first-order valence-electron chi connectivity index (χ1n) is 9.16. The minimum Gasteiger partial charge on any atom is -0.490 e. The maximum absolute atomic E-state index is 8.79. The molecule has 8 nitrogen and oxygen atoms in total. The van der Waals surface area contributed by atoms with Gasteiger partial charge in [0.25, 0.3) is 0 Å². The van der Waals surface area contributed by atoms with Crippen molar-refractivity contribution in [2.24, 2.45) is 5.41 Å². The summed E-state index contributed by atoms with van der Waals surface area (Å²) >= 11 is 0. The Bertz CT molecular complexity index is 1030. The van der Waals surface area contributed by atoms with E-state index in [1.807, 2.05) is 30.3 Å². The standard InChI is InChI=1S/C20H18N6O2/c21-8-13-9-24-19(10-23-13)25-18-5-17(28-26-18)15-3-1-2-4-16(15)27-14-6-20(7-14)11-22-12-20/h1-5,9-10,14,22H,6-7,11-12H2,(H,24,25,26). The summed E-state index contributed by atoms with van der Waals surface area (Å²) in [6.07, 6.45) is 5.31. The van der Waals surface area contributed by atoms with Crippen molar-refractivity contribution in [1.82, 2.24) is 20.4 Å². The summed E-state index contributed by atoms with van der Waals surface area (Å²) in [7, 11) is 0. The topological polar surface area (TPSA) is 109 Å². The molecule has 0 radical (unpaired) electrons. The average molecular weight is 374 g/mol. The third-order valence-electron chi connectivity index (χ3n) is 5.30. The SMILES string of the molecule is N#Cc1cnc(Nc2cc(-c3ccccc3OC3CC4(CNC4)C3)on2)cn1. The largest absolute Gasteiger partial charge is 0.490 e. The van der Waals surface area contributed by atoms with Gasteiger partial charge in [-0.25, -0.2) is 9.97 Å². The van der Waals surface area contributed by atoms with Crippen molar-refractivity contribution < 1.29 is 9.26 Å². The predicted molar refractivity (Wildman–Crippen MR) is 101 cm³/mol. The Kier molecular flexibility index (Phi) is 3.95. The van der Waals surface area contributed by atoms with Crippen LogP contribution < -0.4 is 15.4 Å². The number of nitrogens with zero attached hydrogens (tertiary/aromatic N) is 4. The highest BCUT2D eigenvalue weighted by molar-refractivity contribution is 5.68. The maximum Gasteiger partial charge on any atom is 0.175 e. The van der Waals surface area contributed by atoms with Crippen molar-refractivity contribution in [3.63, 3.8) is 0 Å². The van der Waals surface area contributed by atoms with E-state index in [-0.39, 0.29) is 11.8 Å². The van der Waals surface area contributed by atoms with Gasteiger partial charge in [-0.15, -0.1) is 0 Å². The number of benzene rings is 1. The van der Waals surface area contributed by atoms with Gasteiger partial charge < -0.3 is 19.9 Å². The van der Waals surface area contributed by atoms with Gasteiger partial charge in [0.1, 0.15) is 17.6 Å². The van der Waals surface area contributed by atoms with E-state index in [9.17, 15) is 0 Å². The van der Waals surface area contributed by atoms with Crippen LogP contribution in [0.4, 0.5) is 11.6 Å². The number of anilines is 2. The number of nitrogens with one attached hydrogen (secondary N) is 2. The molecule has 8 heteroatoms. The van der Waals surface area contributed by atoms with Crippen molar-refractivity contribution in [2.45, 2.75) is 18.9 Å². The van der Waals surface area contributed by atoms with E-state index in [1.54, 1.807) is 6.07 Å². The van der Waals surface area contributed by atoms with Crippen LogP contribution in [0.25, 0.3) is 11.3 Å². The Labute approximate surface area is 161 Å². The van der Waals surface area contributed by atoms with Crippen molar-refractivity contribution in [3.05, 3.63) is 48.4 Å². The molecule has 1 aliphatic heterocycles. The number of para-hydroxylation sites is 1. The fourth-order valence-corrected chi connectivity index (χ4v) is 3.75. The van der Waals surface area contributed by atoms with Gasteiger partial charge in [0.15, 0.2) is 17.3 Å². The van der Waals surface area contributed by atoms with Gasteiger partial charge in [0.2, 0.25) is 0 Å². The highest BCUT2D eigenvalue weighted by Gasteiger charge is 2.49. The summed E-state index contributed by atoms with van der Waals surface area (Å²) in [5, 5.41) is 19.2. The summed E-state index contributed by atoms with van der Waals surface area (Å²) < 4.78 is 11.7. The van der Waals surface area contributed by atoms with Crippen LogP contribution in [-0.4, -0.2) is 34.3 Å². The van der Waals surface area contributed by atoms with E-state index in [4.69, 9.17) is 14.5 Å². The Balaban J connectivity index is 1.30. The number of hydrogen-bond acceptors (Lipinski definition) is 8. The van der Waals surface area contributed by atoms with Crippen LogP contribution in [0.15, 0.2) is 47.2 Å². The lowest BCUT2D eigenvalue weighted by molar-refractivity contribution is -0.0493. The lowest BCUT2D eigenvalue weighted by atomic mass is 9.63. The van der Waals surface area contributed by atoms with Crippen LogP contribution in [0.1, 0.15) is 18.5 Å². The lowest BCUT2D eigenvalue weighted by Crippen LogP contribution is -2.62. The first-order chi connectivity index (χ1) is 13.7. The molecule has 2 aromatic heterocycles. The number of hydrogen-bond donors (Lipinski definition) is 2. The van der Waals surface area contributed by atoms with Crippen LogP contribution in [0.3, 0.4) is 0 Å². The highest BCUT2D eigenvalue weighted by Crippen LogP contribution is 2.46. The highest BCUT2D eigenvalue weighted by atomic mass is 16.5. The van der Waals surface area contributed by atoms with E-state index >= 15 is 0 Å². The lowest BCUT2D eigenvalue weighted by Gasteiger charge is -2.53. The zero-order valence-electron chi connectivity index (χ0n) is 15.1. The molecule has 0 atom stereocenters. The Morgan fingerprint density at radius 1 is 1.18 bits per heavy atom. The maximum atomic E-state index is 8.79. The third kappa shape index (κ3) is 3.06. The van der Waals surface area contributed by atoms with Crippen LogP contribution in [-0.2, 0) is 0 Å². The number of nitriles is 1. The molecule has 0 bridgehead atoms. The van der Waals surface area contributed by atoms with Crippen molar-refractivity contribution in [3.8, 4) is 23.1 Å². The van der Waals surface area contributed by atoms with Gasteiger partial charge in [0, 0.05) is 24.6 Å². The Hall–Kier alpha value is -3.44. The van der Waals surface area contributed by atoms with Crippen LogP contribution in [0.2, 0.25) is 0 Å². The van der Waals surface area contributed by atoms with Gasteiger partial charge in [-0.05, 0) is 25.0 Å². The third-order valence-corrected chi connectivity index (χ3v) is 5.30. The van der Waals surface area contributed by atoms with E-state index in [0.717, 1.165) is 37.2 Å². The van der Waals surface area contributed by atoms with Crippen LogP contribution in [0.5, 0.6) is 5.75 Å². The molecular formula is C20H18N6O2. The monoisotopic (exact) mass is 374 g/mol. The normalized spacial score (nSPS) is 17.4.